The Morgan fingerprint density at radius 3 is 2.38 bits per heavy atom. The average molecular weight is 316 g/mol. The number of nitrogens with one attached hydrogen (secondary N) is 1. The number of hydrogen-bond acceptors (Lipinski definition) is 2. The van der Waals surface area contributed by atoms with Crippen LogP contribution in [0.25, 0.3) is 10.1 Å². The molecule has 21 heavy (non-hydrogen) atoms. The maximum Gasteiger partial charge on any atom is 0.0406 e. The molecule has 1 heterocycles. The Labute approximate surface area is 134 Å². The molecule has 0 bridgehead atoms. The fourth-order valence-corrected chi connectivity index (χ4v) is 3.72. The van der Waals surface area contributed by atoms with Gasteiger partial charge in [0.05, 0.1) is 0 Å². The van der Waals surface area contributed by atoms with Crippen molar-refractivity contribution >= 4 is 33.0 Å². The van der Waals surface area contributed by atoms with Gasteiger partial charge in [-0.2, -0.15) is 0 Å². The van der Waals surface area contributed by atoms with Crippen LogP contribution in [0, 0.1) is 0 Å². The predicted octanol–water partition coefficient (Wildman–Crippen LogP) is 5.97. The number of hydrogen-bond donors (Lipinski definition) is 1. The Balaban J connectivity index is 1.75. The van der Waals surface area contributed by atoms with Crippen molar-refractivity contribution in [2.45, 2.75) is 25.9 Å². The van der Waals surface area contributed by atoms with Gasteiger partial charge in [0.15, 0.2) is 0 Å². The van der Waals surface area contributed by atoms with Gasteiger partial charge in [-0.25, -0.2) is 0 Å². The van der Waals surface area contributed by atoms with E-state index in [1.54, 1.807) is 0 Å². The zero-order chi connectivity index (χ0) is 14.8. The lowest BCUT2D eigenvalue weighted by Gasteiger charge is -2.19. The summed E-state index contributed by atoms with van der Waals surface area (Å²) in [5.41, 5.74) is 1.26. The molecule has 0 saturated heterocycles. The molecule has 1 N–H and O–H groups in total. The monoisotopic (exact) mass is 315 g/mol. The number of benzene rings is 2. The highest BCUT2D eigenvalue weighted by molar-refractivity contribution is 7.19. The lowest BCUT2D eigenvalue weighted by Crippen LogP contribution is -2.21. The third-order valence-corrected chi connectivity index (χ3v) is 5.29. The molecule has 2 aromatic carbocycles. The van der Waals surface area contributed by atoms with Crippen molar-refractivity contribution in [3.63, 3.8) is 0 Å². The van der Waals surface area contributed by atoms with Gasteiger partial charge in [-0.05, 0) is 49.1 Å². The van der Waals surface area contributed by atoms with Crippen molar-refractivity contribution in [3.8, 4) is 0 Å². The van der Waals surface area contributed by atoms with Gasteiger partial charge in [-0.3, -0.25) is 0 Å². The molecular weight excluding hydrogens is 298 g/mol. The molecule has 2 atom stereocenters. The Morgan fingerprint density at radius 2 is 1.67 bits per heavy atom. The molecule has 0 aliphatic heterocycles. The second-order valence-electron chi connectivity index (χ2n) is 5.35. The largest absolute Gasteiger partial charge is 0.303 e. The summed E-state index contributed by atoms with van der Waals surface area (Å²) in [7, 11) is 0. The number of rotatable bonds is 4. The lowest BCUT2D eigenvalue weighted by molar-refractivity contribution is 0.500. The smallest absolute Gasteiger partial charge is 0.0406 e. The van der Waals surface area contributed by atoms with Gasteiger partial charge in [0.25, 0.3) is 0 Å². The van der Waals surface area contributed by atoms with Crippen LogP contribution in [0.3, 0.4) is 0 Å². The first-order valence-corrected chi connectivity index (χ1v) is 8.33. The van der Waals surface area contributed by atoms with Crippen LogP contribution in [-0.2, 0) is 0 Å². The van der Waals surface area contributed by atoms with Crippen molar-refractivity contribution in [1.82, 2.24) is 5.32 Å². The summed E-state index contributed by atoms with van der Waals surface area (Å²) in [6.07, 6.45) is 0. The van der Waals surface area contributed by atoms with E-state index in [1.807, 2.05) is 23.5 Å². The van der Waals surface area contributed by atoms with Gasteiger partial charge in [-0.1, -0.05) is 41.9 Å². The molecule has 0 amide bonds. The Morgan fingerprint density at radius 1 is 0.952 bits per heavy atom. The summed E-state index contributed by atoms with van der Waals surface area (Å²) >= 11 is 7.81. The topological polar surface area (TPSA) is 12.0 Å². The summed E-state index contributed by atoms with van der Waals surface area (Å²) in [5, 5.41) is 5.77. The zero-order valence-electron chi connectivity index (χ0n) is 12.1. The molecule has 0 radical (unpaired) electrons. The first-order valence-electron chi connectivity index (χ1n) is 7.13. The maximum atomic E-state index is 5.94. The highest BCUT2D eigenvalue weighted by atomic mass is 35.5. The third kappa shape index (κ3) is 3.29. The lowest BCUT2D eigenvalue weighted by atomic mass is 10.1. The second kappa shape index (κ2) is 6.18. The molecule has 1 aromatic heterocycles. The van der Waals surface area contributed by atoms with E-state index in [9.17, 15) is 0 Å². The molecule has 0 fully saturated rings. The van der Waals surface area contributed by atoms with Crippen LogP contribution >= 0.6 is 22.9 Å². The first-order chi connectivity index (χ1) is 10.1. The first kappa shape index (κ1) is 14.6. The van der Waals surface area contributed by atoms with Crippen LogP contribution in [0.2, 0.25) is 5.02 Å². The van der Waals surface area contributed by atoms with Crippen LogP contribution < -0.4 is 5.32 Å². The Bertz CT molecular complexity index is 699. The van der Waals surface area contributed by atoms with Crippen molar-refractivity contribution < 1.29 is 0 Å². The highest BCUT2D eigenvalue weighted by Crippen LogP contribution is 2.31. The normalized spacial score (nSPS) is 14.2. The molecule has 1 unspecified atom stereocenters. The highest BCUT2D eigenvalue weighted by Gasteiger charge is 2.13. The standard InChI is InChI=1S/C18H18ClNS/c1-12(14-7-9-16(19)10-8-14)20-13(2)18-11-15-5-3-4-6-17(15)21-18/h3-13,20H,1-2H3/t12-,13?/m0/s1. The van der Waals surface area contributed by atoms with E-state index in [1.165, 1.54) is 20.5 Å². The van der Waals surface area contributed by atoms with Crippen LogP contribution in [0.15, 0.2) is 54.6 Å². The summed E-state index contributed by atoms with van der Waals surface area (Å²) in [6, 6.07) is 19.5. The molecular formula is C18H18ClNS. The SMILES string of the molecule is CC(N[C@@H](C)c1ccc(Cl)cc1)c1cc2ccccc2s1. The minimum Gasteiger partial charge on any atom is -0.303 e. The van der Waals surface area contributed by atoms with Crippen LogP contribution in [0.1, 0.15) is 36.4 Å². The van der Waals surface area contributed by atoms with E-state index in [-0.39, 0.29) is 0 Å². The van der Waals surface area contributed by atoms with E-state index in [2.05, 4.69) is 61.6 Å². The second-order valence-corrected chi connectivity index (χ2v) is 6.90. The van der Waals surface area contributed by atoms with Crippen molar-refractivity contribution in [3.05, 3.63) is 70.1 Å². The van der Waals surface area contributed by atoms with Crippen molar-refractivity contribution in [2.75, 3.05) is 0 Å². The summed E-state index contributed by atoms with van der Waals surface area (Å²) in [6.45, 7) is 4.41. The molecule has 3 heteroatoms. The number of thiophene rings is 1. The van der Waals surface area contributed by atoms with Gasteiger partial charge in [0.1, 0.15) is 0 Å². The van der Waals surface area contributed by atoms with E-state index < -0.39 is 0 Å². The minimum atomic E-state index is 0.294. The molecule has 0 aliphatic rings. The van der Waals surface area contributed by atoms with E-state index in [4.69, 9.17) is 11.6 Å². The van der Waals surface area contributed by atoms with Gasteiger partial charge in [0, 0.05) is 26.7 Å². The summed E-state index contributed by atoms with van der Waals surface area (Å²) in [4.78, 5) is 1.37. The summed E-state index contributed by atoms with van der Waals surface area (Å²) < 4.78 is 1.35. The molecule has 1 nitrogen and oxygen atoms in total. The Hall–Kier alpha value is -1.35. The maximum absolute atomic E-state index is 5.94. The van der Waals surface area contributed by atoms with Gasteiger partial charge >= 0.3 is 0 Å². The number of halogens is 1. The van der Waals surface area contributed by atoms with Crippen molar-refractivity contribution in [1.29, 1.82) is 0 Å². The average Bonchev–Trinajstić information content (AvgIpc) is 2.92. The predicted molar refractivity (Wildman–Crippen MR) is 93.2 cm³/mol. The van der Waals surface area contributed by atoms with Crippen LogP contribution in [0.5, 0.6) is 0 Å². The fourth-order valence-electron chi connectivity index (χ4n) is 2.52. The molecule has 0 aliphatic carbocycles. The van der Waals surface area contributed by atoms with E-state index in [0.29, 0.717) is 12.1 Å². The summed E-state index contributed by atoms with van der Waals surface area (Å²) in [5.74, 6) is 0. The molecule has 3 aromatic rings. The van der Waals surface area contributed by atoms with Gasteiger partial charge in [-0.15, -0.1) is 11.3 Å². The third-order valence-electron chi connectivity index (χ3n) is 3.74. The molecule has 0 spiro atoms. The van der Waals surface area contributed by atoms with Crippen LogP contribution in [0.4, 0.5) is 0 Å². The fraction of sp³-hybridized carbons (Fsp3) is 0.222. The van der Waals surface area contributed by atoms with Crippen LogP contribution in [-0.4, -0.2) is 0 Å². The van der Waals surface area contributed by atoms with Gasteiger partial charge in [0.2, 0.25) is 0 Å². The number of fused-ring (bicyclic) bond motifs is 1. The van der Waals surface area contributed by atoms with E-state index in [0.717, 1.165) is 5.02 Å². The molecule has 3 rings (SSSR count). The zero-order valence-corrected chi connectivity index (χ0v) is 13.7. The quantitative estimate of drug-likeness (QED) is 0.625. The van der Waals surface area contributed by atoms with Gasteiger partial charge < -0.3 is 5.32 Å². The minimum absolute atomic E-state index is 0.294. The molecule has 0 saturated carbocycles. The van der Waals surface area contributed by atoms with E-state index >= 15 is 0 Å². The Kier molecular flexibility index (Phi) is 4.29. The van der Waals surface area contributed by atoms with Crippen molar-refractivity contribution in [2.24, 2.45) is 0 Å². The molecule has 108 valence electrons.